The van der Waals surface area contributed by atoms with Crippen molar-refractivity contribution in [1.82, 2.24) is 5.43 Å². The molecule has 0 saturated carbocycles. The van der Waals surface area contributed by atoms with E-state index >= 15 is 0 Å². The Balaban J connectivity index is 1.32. The molecule has 1 N–H and O–H groups in total. The van der Waals surface area contributed by atoms with Crippen molar-refractivity contribution in [2.75, 3.05) is 12.1 Å². The molecule has 4 aromatic rings. The number of nitrogens with one attached hydrogen (secondary N) is 1. The topological polar surface area (TPSA) is 66.3 Å². The standard InChI is InChI=1S/C30H25BrN4O2/c1-37-27-17-11-24(12-18-27)30(36)33-32-20-21-7-15-26(16-8-21)35-29(23-9-13-25(31)14-10-23)19-28(34-35)22-5-3-2-4-6-22/h2-18,20,29H,19H2,1H3,(H,33,36)/b32-20-/t29-/m0/s1. The van der Waals surface area contributed by atoms with Gasteiger partial charge in [-0.15, -0.1) is 0 Å². The molecule has 4 aromatic carbocycles. The number of carbonyl (C=O) groups is 1. The van der Waals surface area contributed by atoms with Gasteiger partial charge in [-0.2, -0.15) is 10.2 Å². The van der Waals surface area contributed by atoms with Crippen LogP contribution in [0.4, 0.5) is 5.69 Å². The molecule has 0 spiro atoms. The zero-order valence-corrected chi connectivity index (χ0v) is 21.8. The number of halogens is 1. The molecule has 5 rings (SSSR count). The van der Waals surface area contributed by atoms with Gasteiger partial charge in [-0.3, -0.25) is 9.80 Å². The summed E-state index contributed by atoms with van der Waals surface area (Å²) in [6, 6.07) is 33.6. The fourth-order valence-electron chi connectivity index (χ4n) is 4.18. The number of amides is 1. The monoisotopic (exact) mass is 552 g/mol. The van der Waals surface area contributed by atoms with Crippen LogP contribution in [-0.2, 0) is 0 Å². The van der Waals surface area contributed by atoms with Gasteiger partial charge in [0.05, 0.1) is 30.8 Å². The maximum absolute atomic E-state index is 12.3. The fourth-order valence-corrected chi connectivity index (χ4v) is 4.45. The summed E-state index contributed by atoms with van der Waals surface area (Å²) < 4.78 is 6.17. The SMILES string of the molecule is COc1ccc(C(=O)N/N=C\c2ccc(N3N=C(c4ccccc4)C[C@H]3c3ccc(Br)cc3)cc2)cc1. The molecular formula is C30H25BrN4O2. The molecule has 37 heavy (non-hydrogen) atoms. The van der Waals surface area contributed by atoms with E-state index in [0.717, 1.165) is 33.4 Å². The molecule has 0 bridgehead atoms. The van der Waals surface area contributed by atoms with Gasteiger partial charge in [0.1, 0.15) is 5.75 Å². The Morgan fingerprint density at radius 2 is 1.68 bits per heavy atom. The van der Waals surface area contributed by atoms with Crippen LogP contribution >= 0.6 is 15.9 Å². The first-order chi connectivity index (χ1) is 18.1. The largest absolute Gasteiger partial charge is 0.497 e. The van der Waals surface area contributed by atoms with Crippen LogP contribution < -0.4 is 15.2 Å². The summed E-state index contributed by atoms with van der Waals surface area (Å²) >= 11 is 3.53. The molecular weight excluding hydrogens is 528 g/mol. The normalized spacial score (nSPS) is 15.0. The van der Waals surface area contributed by atoms with E-state index in [1.54, 1.807) is 37.6 Å². The smallest absolute Gasteiger partial charge is 0.271 e. The van der Waals surface area contributed by atoms with Gasteiger partial charge in [0.2, 0.25) is 0 Å². The molecule has 0 aromatic heterocycles. The molecule has 0 aliphatic carbocycles. The van der Waals surface area contributed by atoms with Gasteiger partial charge in [0, 0.05) is 16.5 Å². The first-order valence-electron chi connectivity index (χ1n) is 11.9. The number of hydrogen-bond acceptors (Lipinski definition) is 5. The second-order valence-corrected chi connectivity index (χ2v) is 9.46. The molecule has 7 heteroatoms. The fraction of sp³-hybridized carbons (Fsp3) is 0.100. The van der Waals surface area contributed by atoms with Crippen LogP contribution in [0.3, 0.4) is 0 Å². The third-order valence-corrected chi connectivity index (χ3v) is 6.69. The van der Waals surface area contributed by atoms with E-state index < -0.39 is 0 Å². The van der Waals surface area contributed by atoms with Gasteiger partial charge < -0.3 is 4.74 Å². The van der Waals surface area contributed by atoms with Gasteiger partial charge in [0.25, 0.3) is 5.91 Å². The molecule has 0 unspecified atom stereocenters. The lowest BCUT2D eigenvalue weighted by molar-refractivity contribution is 0.0955. The Kier molecular flexibility index (Phi) is 7.42. The quantitative estimate of drug-likeness (QED) is 0.208. The molecule has 1 heterocycles. The van der Waals surface area contributed by atoms with Crippen LogP contribution in [0.1, 0.15) is 39.5 Å². The summed E-state index contributed by atoms with van der Waals surface area (Å²) in [7, 11) is 1.59. The highest BCUT2D eigenvalue weighted by molar-refractivity contribution is 9.10. The highest BCUT2D eigenvalue weighted by Gasteiger charge is 2.29. The number of rotatable bonds is 7. The van der Waals surface area contributed by atoms with E-state index in [0.29, 0.717) is 11.3 Å². The minimum atomic E-state index is -0.285. The molecule has 184 valence electrons. The molecule has 1 atom stereocenters. The van der Waals surface area contributed by atoms with Crippen molar-refractivity contribution in [3.63, 3.8) is 0 Å². The predicted molar refractivity (Wildman–Crippen MR) is 151 cm³/mol. The Hall–Kier alpha value is -4.23. The second kappa shape index (κ2) is 11.2. The Morgan fingerprint density at radius 3 is 2.35 bits per heavy atom. The average Bonchev–Trinajstić information content (AvgIpc) is 3.40. The van der Waals surface area contributed by atoms with Crippen LogP contribution in [0.2, 0.25) is 0 Å². The maximum Gasteiger partial charge on any atom is 0.271 e. The Bertz CT molecular complexity index is 1420. The summed E-state index contributed by atoms with van der Waals surface area (Å²) in [4.78, 5) is 12.3. The molecule has 0 radical (unpaired) electrons. The molecule has 1 aliphatic rings. The van der Waals surface area contributed by atoms with Crippen molar-refractivity contribution >= 4 is 39.5 Å². The van der Waals surface area contributed by atoms with E-state index in [-0.39, 0.29) is 11.9 Å². The lowest BCUT2D eigenvalue weighted by Crippen LogP contribution is -2.18. The van der Waals surface area contributed by atoms with Gasteiger partial charge in [-0.05, 0) is 65.2 Å². The lowest BCUT2D eigenvalue weighted by Gasteiger charge is -2.24. The molecule has 1 aliphatic heterocycles. The Morgan fingerprint density at radius 1 is 0.973 bits per heavy atom. The van der Waals surface area contributed by atoms with Gasteiger partial charge in [-0.1, -0.05) is 70.5 Å². The number of carbonyl (C=O) groups excluding carboxylic acids is 1. The van der Waals surface area contributed by atoms with Crippen molar-refractivity contribution in [3.8, 4) is 5.75 Å². The maximum atomic E-state index is 12.3. The highest BCUT2D eigenvalue weighted by atomic mass is 79.9. The number of methoxy groups -OCH3 is 1. The number of benzene rings is 4. The summed E-state index contributed by atoms with van der Waals surface area (Å²) in [6.07, 6.45) is 2.44. The minimum absolute atomic E-state index is 0.0895. The van der Waals surface area contributed by atoms with Gasteiger partial charge >= 0.3 is 0 Å². The average molecular weight is 553 g/mol. The van der Waals surface area contributed by atoms with Crippen molar-refractivity contribution in [3.05, 3.63) is 130 Å². The first kappa shape index (κ1) is 24.5. The van der Waals surface area contributed by atoms with E-state index in [9.17, 15) is 4.79 Å². The van der Waals surface area contributed by atoms with Gasteiger partial charge in [0.15, 0.2) is 0 Å². The molecule has 0 fully saturated rings. The van der Waals surface area contributed by atoms with Crippen molar-refractivity contribution < 1.29 is 9.53 Å². The molecule has 1 amide bonds. The zero-order chi connectivity index (χ0) is 25.6. The number of anilines is 1. The van der Waals surface area contributed by atoms with E-state index in [4.69, 9.17) is 9.84 Å². The first-order valence-corrected chi connectivity index (χ1v) is 12.6. The Labute approximate surface area is 224 Å². The summed E-state index contributed by atoms with van der Waals surface area (Å²) in [5, 5.41) is 11.2. The summed E-state index contributed by atoms with van der Waals surface area (Å²) in [5.41, 5.74) is 8.31. The molecule has 6 nitrogen and oxygen atoms in total. The van der Waals surface area contributed by atoms with Crippen LogP contribution in [0, 0.1) is 0 Å². The molecule has 0 saturated heterocycles. The third-order valence-electron chi connectivity index (χ3n) is 6.16. The number of hydrazone groups is 2. The van der Waals surface area contributed by atoms with Crippen LogP contribution in [-0.4, -0.2) is 24.9 Å². The second-order valence-electron chi connectivity index (χ2n) is 8.55. The van der Waals surface area contributed by atoms with Crippen molar-refractivity contribution in [1.29, 1.82) is 0 Å². The van der Waals surface area contributed by atoms with Crippen LogP contribution in [0.25, 0.3) is 0 Å². The van der Waals surface area contributed by atoms with E-state index in [2.05, 4.69) is 67.9 Å². The summed E-state index contributed by atoms with van der Waals surface area (Å²) in [5.74, 6) is 0.411. The number of nitrogens with zero attached hydrogens (tertiary/aromatic N) is 3. The third kappa shape index (κ3) is 5.78. The van der Waals surface area contributed by atoms with E-state index in [1.165, 1.54) is 5.56 Å². The lowest BCUT2D eigenvalue weighted by atomic mass is 9.98. The van der Waals surface area contributed by atoms with Crippen molar-refractivity contribution in [2.45, 2.75) is 12.5 Å². The van der Waals surface area contributed by atoms with Crippen molar-refractivity contribution in [2.24, 2.45) is 10.2 Å². The highest BCUT2D eigenvalue weighted by Crippen LogP contribution is 2.37. The zero-order valence-electron chi connectivity index (χ0n) is 20.2. The minimum Gasteiger partial charge on any atom is -0.497 e. The number of ether oxygens (including phenoxy) is 1. The number of hydrogen-bond donors (Lipinski definition) is 1. The summed E-state index contributed by atoms with van der Waals surface area (Å²) in [6.45, 7) is 0. The van der Waals surface area contributed by atoms with Crippen LogP contribution in [0.15, 0.2) is 118 Å². The van der Waals surface area contributed by atoms with Gasteiger partial charge in [-0.25, -0.2) is 5.43 Å². The van der Waals surface area contributed by atoms with Crippen LogP contribution in [0.5, 0.6) is 5.75 Å². The van der Waals surface area contributed by atoms with E-state index in [1.807, 2.05) is 42.5 Å². The predicted octanol–water partition coefficient (Wildman–Crippen LogP) is 6.58.